The van der Waals surface area contributed by atoms with Crippen molar-refractivity contribution in [2.24, 2.45) is 33.5 Å². The average molecular weight is 472 g/mol. The normalized spacial score (nSPS) is 31.8. The average Bonchev–Trinajstić information content (AvgIpc) is 2.89. The number of halogens is 1. The Balaban J connectivity index is 1.20. The number of nitrogens with zero attached hydrogens (tertiary/aromatic N) is 3. The summed E-state index contributed by atoms with van der Waals surface area (Å²) in [6, 6.07) is -0.282. The van der Waals surface area contributed by atoms with Crippen LogP contribution in [0.4, 0.5) is 4.39 Å². The van der Waals surface area contributed by atoms with Crippen LogP contribution in [0, 0.1) is 17.8 Å². The Morgan fingerprint density at radius 2 is 2.06 bits per heavy atom. The zero-order valence-corrected chi connectivity index (χ0v) is 20.1. The lowest BCUT2D eigenvalue weighted by molar-refractivity contribution is 0.397. The molecule has 182 valence electrons. The molecule has 5 aliphatic rings. The predicted molar refractivity (Wildman–Crippen MR) is 142 cm³/mol. The van der Waals surface area contributed by atoms with Gasteiger partial charge in [0.2, 0.25) is 0 Å². The van der Waals surface area contributed by atoms with Crippen LogP contribution in [-0.2, 0) is 0 Å². The molecule has 0 aromatic carbocycles. The van der Waals surface area contributed by atoms with E-state index in [-0.39, 0.29) is 18.4 Å². The second kappa shape index (κ2) is 11.0. The molecule has 0 amide bonds. The molecule has 0 spiro atoms. The second-order valence-electron chi connectivity index (χ2n) is 9.60. The highest BCUT2D eigenvalue weighted by Crippen LogP contribution is 2.30. The number of rotatable bonds is 6. The Morgan fingerprint density at radius 1 is 1.11 bits per heavy atom. The summed E-state index contributed by atoms with van der Waals surface area (Å²) < 4.78 is 14.1. The van der Waals surface area contributed by atoms with Gasteiger partial charge in [-0.3, -0.25) is 20.4 Å². The van der Waals surface area contributed by atoms with Crippen LogP contribution in [0.3, 0.4) is 0 Å². The van der Waals surface area contributed by atoms with Crippen molar-refractivity contribution < 1.29 is 4.39 Å². The molecule has 3 aliphatic carbocycles. The lowest BCUT2D eigenvalue weighted by Gasteiger charge is -2.33. The van der Waals surface area contributed by atoms with Crippen LogP contribution in [-0.4, -0.2) is 35.7 Å². The molecule has 0 saturated carbocycles. The highest BCUT2D eigenvalue weighted by atomic mass is 19.1. The van der Waals surface area contributed by atoms with Crippen molar-refractivity contribution in [3.8, 4) is 0 Å². The molecule has 5 rings (SSSR count). The maximum atomic E-state index is 14.1. The fourth-order valence-corrected chi connectivity index (χ4v) is 5.07. The minimum absolute atomic E-state index is 0.200. The van der Waals surface area contributed by atoms with Gasteiger partial charge >= 0.3 is 0 Å². The third-order valence-electron chi connectivity index (χ3n) is 7.19. The summed E-state index contributed by atoms with van der Waals surface area (Å²) in [6.07, 6.45) is 32.0. The Hall–Kier alpha value is -3.25. The van der Waals surface area contributed by atoms with Crippen LogP contribution >= 0.6 is 0 Å². The Bertz CT molecular complexity index is 1110. The lowest BCUT2D eigenvalue weighted by Crippen LogP contribution is -2.43. The van der Waals surface area contributed by atoms with Crippen molar-refractivity contribution in [3.63, 3.8) is 0 Å². The number of nitrogens with one attached hydrogen (secondary N) is 1. The molecule has 0 aromatic heterocycles. The minimum atomic E-state index is -0.397. The van der Waals surface area contributed by atoms with Crippen LogP contribution in [0.2, 0.25) is 0 Å². The maximum Gasteiger partial charge on any atom is 0.120 e. The van der Waals surface area contributed by atoms with Gasteiger partial charge in [-0.2, -0.15) is 0 Å². The molecule has 35 heavy (non-hydrogen) atoms. The Kier molecular flexibility index (Phi) is 7.38. The molecule has 0 radical (unpaired) electrons. The molecule has 6 heteroatoms. The van der Waals surface area contributed by atoms with Gasteiger partial charge in [-0.25, -0.2) is 4.39 Å². The number of hydrogen-bond donors (Lipinski definition) is 2. The van der Waals surface area contributed by atoms with Crippen molar-refractivity contribution in [2.75, 3.05) is 13.1 Å². The van der Waals surface area contributed by atoms with E-state index >= 15 is 0 Å². The first kappa shape index (κ1) is 23.5. The monoisotopic (exact) mass is 471 g/mol. The second-order valence-corrected chi connectivity index (χ2v) is 9.60. The number of allylic oxidation sites excluding steroid dienone is 11. The van der Waals surface area contributed by atoms with Crippen LogP contribution < -0.4 is 11.2 Å². The number of aliphatic imine (C=N–C) groups is 2. The first-order valence-electron chi connectivity index (χ1n) is 12.7. The molecule has 2 aliphatic heterocycles. The number of hydrogen-bond acceptors (Lipinski definition) is 4. The summed E-state index contributed by atoms with van der Waals surface area (Å²) in [6.45, 7) is 1.13. The number of hydrazine groups is 1. The van der Waals surface area contributed by atoms with Crippen molar-refractivity contribution in [1.29, 1.82) is 0 Å². The Labute approximate surface area is 207 Å². The first-order valence-corrected chi connectivity index (χ1v) is 12.7. The lowest BCUT2D eigenvalue weighted by atomic mass is 9.87. The zero-order chi connectivity index (χ0) is 24.0. The van der Waals surface area contributed by atoms with E-state index in [2.05, 4.69) is 66.3 Å². The van der Waals surface area contributed by atoms with Gasteiger partial charge in [-0.1, -0.05) is 54.7 Å². The van der Waals surface area contributed by atoms with E-state index in [9.17, 15) is 4.39 Å². The van der Waals surface area contributed by atoms with Gasteiger partial charge in [-0.05, 0) is 55.4 Å². The van der Waals surface area contributed by atoms with Gasteiger partial charge in [0.05, 0.1) is 11.7 Å². The van der Waals surface area contributed by atoms with Crippen molar-refractivity contribution >= 4 is 11.5 Å². The highest BCUT2D eigenvalue weighted by molar-refractivity contribution is 5.95. The smallest absolute Gasteiger partial charge is 0.120 e. The summed E-state index contributed by atoms with van der Waals surface area (Å²) in [5, 5.41) is 2.03. The van der Waals surface area contributed by atoms with Crippen LogP contribution in [0.25, 0.3) is 0 Å². The molecule has 0 aromatic rings. The van der Waals surface area contributed by atoms with E-state index in [1.807, 2.05) is 11.1 Å². The topological polar surface area (TPSA) is 66.0 Å². The molecule has 4 atom stereocenters. The molecule has 2 heterocycles. The van der Waals surface area contributed by atoms with E-state index in [1.54, 1.807) is 6.08 Å². The van der Waals surface area contributed by atoms with Crippen LogP contribution in [0.15, 0.2) is 106 Å². The largest absolute Gasteiger partial charge is 0.330 e. The van der Waals surface area contributed by atoms with Gasteiger partial charge in [0.15, 0.2) is 0 Å². The van der Waals surface area contributed by atoms with Gasteiger partial charge in [0.1, 0.15) is 11.7 Å². The molecule has 0 fully saturated rings. The predicted octanol–water partition coefficient (Wildman–Crippen LogP) is 5.23. The van der Waals surface area contributed by atoms with Gasteiger partial charge in [-0.15, -0.1) is 0 Å². The van der Waals surface area contributed by atoms with Gasteiger partial charge in [0, 0.05) is 43.3 Å². The van der Waals surface area contributed by atoms with Crippen LogP contribution in [0.1, 0.15) is 32.1 Å². The molecular formula is C29H34FN5. The molecule has 4 unspecified atom stereocenters. The quantitative estimate of drug-likeness (QED) is 0.558. The van der Waals surface area contributed by atoms with Gasteiger partial charge < -0.3 is 5.73 Å². The standard InChI is InChI=1S/C29H34FN5/c30-27-7-4-8-28(26(27)19-31)33-29-16-15-25-14-11-23(20-35(25)34-29)22-9-12-24(13-10-22)32-18-17-21-5-2-1-3-6-21/h1-5,7-9,11-12,14-15,20-22,26,28H,6,10,13,16-19,31H2,(H,33,34). The van der Waals surface area contributed by atoms with E-state index in [0.717, 1.165) is 43.8 Å². The number of fused-ring (bicyclic) bond motifs is 1. The van der Waals surface area contributed by atoms with Crippen molar-refractivity contribution in [1.82, 2.24) is 10.4 Å². The SMILES string of the molecule is NCC1C(F)=CC=CC1N=C1CC=C2C=CC(C3C=CC(=NCCC4C=CC=CC4)CC3)=CN2N1. The fourth-order valence-electron chi connectivity index (χ4n) is 5.07. The molecular weight excluding hydrogens is 437 g/mol. The van der Waals surface area contributed by atoms with E-state index < -0.39 is 5.92 Å². The van der Waals surface area contributed by atoms with E-state index in [0.29, 0.717) is 18.3 Å². The van der Waals surface area contributed by atoms with Gasteiger partial charge in [0.25, 0.3) is 0 Å². The molecule has 3 N–H and O–H groups in total. The number of amidine groups is 1. The molecule has 5 nitrogen and oxygen atoms in total. The summed E-state index contributed by atoms with van der Waals surface area (Å²) in [5.74, 6) is 1.21. The fraction of sp³-hybridized carbons (Fsp3) is 0.379. The third-order valence-corrected chi connectivity index (χ3v) is 7.19. The summed E-state index contributed by atoms with van der Waals surface area (Å²) in [7, 11) is 0. The van der Waals surface area contributed by atoms with Crippen molar-refractivity contribution in [2.45, 2.75) is 38.1 Å². The Morgan fingerprint density at radius 3 is 2.86 bits per heavy atom. The summed E-state index contributed by atoms with van der Waals surface area (Å²) in [5.41, 5.74) is 12.8. The summed E-state index contributed by atoms with van der Waals surface area (Å²) >= 11 is 0. The first-order chi connectivity index (χ1) is 17.2. The third kappa shape index (κ3) is 5.70. The van der Waals surface area contributed by atoms with E-state index in [4.69, 9.17) is 15.7 Å². The molecule has 0 saturated heterocycles. The minimum Gasteiger partial charge on any atom is -0.330 e. The van der Waals surface area contributed by atoms with E-state index in [1.165, 1.54) is 17.4 Å². The number of nitrogens with two attached hydrogens (primary N) is 1. The summed E-state index contributed by atoms with van der Waals surface area (Å²) in [4.78, 5) is 9.63. The van der Waals surface area contributed by atoms with Crippen LogP contribution in [0.5, 0.6) is 0 Å². The maximum absolute atomic E-state index is 14.1. The zero-order valence-electron chi connectivity index (χ0n) is 20.1. The molecule has 0 bridgehead atoms. The highest BCUT2D eigenvalue weighted by Gasteiger charge is 2.26. The van der Waals surface area contributed by atoms with Crippen molar-refractivity contribution in [3.05, 3.63) is 96.2 Å².